The van der Waals surface area contributed by atoms with Crippen molar-refractivity contribution in [1.82, 2.24) is 5.32 Å². The molecule has 3 nitrogen and oxygen atoms in total. The van der Waals surface area contributed by atoms with Crippen LogP contribution >= 0.6 is 12.2 Å². The van der Waals surface area contributed by atoms with E-state index >= 15 is 0 Å². The molecule has 1 aromatic rings. The minimum atomic E-state index is -0.400. The molecule has 82 valence electrons. The Labute approximate surface area is 95.5 Å². The van der Waals surface area contributed by atoms with E-state index in [9.17, 15) is 0 Å². The highest BCUT2D eigenvalue weighted by molar-refractivity contribution is 7.80. The van der Waals surface area contributed by atoms with Gasteiger partial charge in [-0.3, -0.25) is 0 Å². The second kappa shape index (κ2) is 5.68. The zero-order valence-electron chi connectivity index (χ0n) is 8.95. The Kier molecular flexibility index (Phi) is 4.52. The molecule has 0 aliphatic heterocycles. The molecule has 0 unspecified atom stereocenters. The van der Waals surface area contributed by atoms with E-state index in [-0.39, 0.29) is 0 Å². The van der Waals surface area contributed by atoms with Gasteiger partial charge in [-0.2, -0.15) is 0 Å². The first-order valence-electron chi connectivity index (χ1n) is 4.87. The maximum Gasteiger partial charge on any atom is 0.170 e. The fraction of sp³-hybridized carbons (Fsp3) is 0.364. The van der Waals surface area contributed by atoms with Crippen molar-refractivity contribution in [3.8, 4) is 0 Å². The third-order valence-corrected chi connectivity index (χ3v) is 2.11. The minimum absolute atomic E-state index is 0.400. The number of hydrogen-bond donors (Lipinski definition) is 3. The highest BCUT2D eigenvalue weighted by Crippen LogP contribution is 2.07. The Balaban J connectivity index is 2.41. The van der Waals surface area contributed by atoms with Crippen LogP contribution in [0.3, 0.4) is 0 Å². The Morgan fingerprint density at radius 1 is 1.40 bits per heavy atom. The molecule has 0 aliphatic rings. The van der Waals surface area contributed by atoms with Crippen LogP contribution in [0.25, 0.3) is 0 Å². The largest absolute Gasteiger partial charge is 0.392 e. The second-order valence-corrected chi connectivity index (χ2v) is 3.96. The summed E-state index contributed by atoms with van der Waals surface area (Å²) in [5.41, 5.74) is 2.16. The molecule has 1 aromatic carbocycles. The summed E-state index contributed by atoms with van der Waals surface area (Å²) in [6.45, 7) is 4.20. The van der Waals surface area contributed by atoms with Crippen LogP contribution in [0.15, 0.2) is 24.3 Å². The molecule has 0 fully saturated rings. The molecular weight excluding hydrogens is 208 g/mol. The van der Waals surface area contributed by atoms with Crippen LogP contribution in [0.1, 0.15) is 12.5 Å². The molecule has 0 saturated heterocycles. The zero-order valence-corrected chi connectivity index (χ0v) is 9.77. The first-order chi connectivity index (χ1) is 7.08. The van der Waals surface area contributed by atoms with Gasteiger partial charge in [-0.1, -0.05) is 17.7 Å². The SMILES string of the molecule is Cc1ccc(NC(=S)NC[C@H](C)O)cc1. The van der Waals surface area contributed by atoms with Crippen molar-refractivity contribution < 1.29 is 5.11 Å². The number of anilines is 1. The lowest BCUT2D eigenvalue weighted by molar-refractivity contribution is 0.198. The maximum atomic E-state index is 9.05. The monoisotopic (exact) mass is 224 g/mol. The molecule has 15 heavy (non-hydrogen) atoms. The number of aliphatic hydroxyl groups is 1. The van der Waals surface area contributed by atoms with Gasteiger partial charge in [0.25, 0.3) is 0 Å². The maximum absolute atomic E-state index is 9.05. The van der Waals surface area contributed by atoms with Crippen molar-refractivity contribution in [2.45, 2.75) is 20.0 Å². The van der Waals surface area contributed by atoms with Gasteiger partial charge < -0.3 is 15.7 Å². The molecule has 1 atom stereocenters. The normalized spacial score (nSPS) is 11.9. The van der Waals surface area contributed by atoms with Gasteiger partial charge in [0.2, 0.25) is 0 Å². The van der Waals surface area contributed by atoms with Crippen molar-refractivity contribution in [2.24, 2.45) is 0 Å². The van der Waals surface area contributed by atoms with Gasteiger partial charge in [0.05, 0.1) is 6.10 Å². The van der Waals surface area contributed by atoms with E-state index in [1.54, 1.807) is 6.92 Å². The molecule has 0 saturated carbocycles. The number of benzene rings is 1. The lowest BCUT2D eigenvalue weighted by atomic mass is 10.2. The molecular formula is C11H16N2OS. The van der Waals surface area contributed by atoms with Crippen molar-refractivity contribution >= 4 is 23.0 Å². The first-order valence-corrected chi connectivity index (χ1v) is 5.28. The standard InChI is InChI=1S/C11H16N2OS/c1-8-3-5-10(6-4-8)13-11(15)12-7-9(2)14/h3-6,9,14H,7H2,1-2H3,(H2,12,13,15)/t9-/m0/s1. The smallest absolute Gasteiger partial charge is 0.170 e. The average molecular weight is 224 g/mol. The fourth-order valence-electron chi connectivity index (χ4n) is 1.05. The van der Waals surface area contributed by atoms with E-state index in [2.05, 4.69) is 10.6 Å². The number of rotatable bonds is 3. The molecule has 0 spiro atoms. The van der Waals surface area contributed by atoms with Gasteiger partial charge in [0, 0.05) is 12.2 Å². The molecule has 0 aliphatic carbocycles. The summed E-state index contributed by atoms with van der Waals surface area (Å²) in [7, 11) is 0. The first kappa shape index (κ1) is 11.9. The molecule has 0 heterocycles. The molecule has 0 amide bonds. The quantitative estimate of drug-likeness (QED) is 0.683. The Morgan fingerprint density at radius 3 is 2.53 bits per heavy atom. The average Bonchev–Trinajstić information content (AvgIpc) is 2.19. The summed E-state index contributed by atoms with van der Waals surface area (Å²) in [5.74, 6) is 0. The number of nitrogens with one attached hydrogen (secondary N) is 2. The second-order valence-electron chi connectivity index (χ2n) is 3.55. The van der Waals surface area contributed by atoms with Gasteiger partial charge in [-0.25, -0.2) is 0 Å². The van der Waals surface area contributed by atoms with Gasteiger partial charge in [0.15, 0.2) is 5.11 Å². The fourth-order valence-corrected chi connectivity index (χ4v) is 1.25. The van der Waals surface area contributed by atoms with E-state index in [1.165, 1.54) is 5.56 Å². The van der Waals surface area contributed by atoms with Crippen LogP contribution in [0.2, 0.25) is 0 Å². The molecule has 0 radical (unpaired) electrons. The Hall–Kier alpha value is -1.13. The van der Waals surface area contributed by atoms with Crippen molar-refractivity contribution in [2.75, 3.05) is 11.9 Å². The lowest BCUT2D eigenvalue weighted by Gasteiger charge is -2.11. The van der Waals surface area contributed by atoms with Crippen LogP contribution in [-0.4, -0.2) is 22.9 Å². The van der Waals surface area contributed by atoms with Gasteiger partial charge in [-0.05, 0) is 38.2 Å². The van der Waals surface area contributed by atoms with E-state index in [0.717, 1.165) is 5.69 Å². The summed E-state index contributed by atoms with van der Waals surface area (Å²) >= 11 is 5.05. The Bertz CT molecular complexity index is 322. The van der Waals surface area contributed by atoms with Crippen LogP contribution in [-0.2, 0) is 0 Å². The summed E-state index contributed by atoms with van der Waals surface area (Å²) in [6, 6.07) is 7.95. The molecule has 0 bridgehead atoms. The summed E-state index contributed by atoms with van der Waals surface area (Å²) in [4.78, 5) is 0. The minimum Gasteiger partial charge on any atom is -0.392 e. The van der Waals surface area contributed by atoms with E-state index in [0.29, 0.717) is 11.7 Å². The van der Waals surface area contributed by atoms with Gasteiger partial charge in [-0.15, -0.1) is 0 Å². The van der Waals surface area contributed by atoms with E-state index in [4.69, 9.17) is 17.3 Å². The van der Waals surface area contributed by atoms with Crippen molar-refractivity contribution in [3.63, 3.8) is 0 Å². The molecule has 0 aromatic heterocycles. The topological polar surface area (TPSA) is 44.3 Å². The van der Waals surface area contributed by atoms with Gasteiger partial charge in [0.1, 0.15) is 0 Å². The van der Waals surface area contributed by atoms with Crippen molar-refractivity contribution in [1.29, 1.82) is 0 Å². The van der Waals surface area contributed by atoms with Crippen LogP contribution in [0.4, 0.5) is 5.69 Å². The van der Waals surface area contributed by atoms with Crippen molar-refractivity contribution in [3.05, 3.63) is 29.8 Å². The molecule has 3 N–H and O–H groups in total. The zero-order chi connectivity index (χ0) is 11.3. The third-order valence-electron chi connectivity index (χ3n) is 1.87. The number of thiocarbonyl (C=S) groups is 1. The highest BCUT2D eigenvalue weighted by Gasteiger charge is 1.99. The predicted molar refractivity (Wildman–Crippen MR) is 67.1 cm³/mol. The van der Waals surface area contributed by atoms with E-state index in [1.807, 2.05) is 31.2 Å². The van der Waals surface area contributed by atoms with Gasteiger partial charge >= 0.3 is 0 Å². The van der Waals surface area contributed by atoms with Crippen LogP contribution in [0.5, 0.6) is 0 Å². The van der Waals surface area contributed by atoms with E-state index < -0.39 is 6.10 Å². The number of aliphatic hydroxyl groups excluding tert-OH is 1. The molecule has 1 rings (SSSR count). The van der Waals surface area contributed by atoms with Crippen LogP contribution in [0, 0.1) is 6.92 Å². The third kappa shape index (κ3) is 4.76. The highest BCUT2D eigenvalue weighted by atomic mass is 32.1. The lowest BCUT2D eigenvalue weighted by Crippen LogP contribution is -2.33. The summed E-state index contributed by atoms with van der Waals surface area (Å²) in [5, 5.41) is 15.5. The van der Waals surface area contributed by atoms with Crippen LogP contribution < -0.4 is 10.6 Å². The summed E-state index contributed by atoms with van der Waals surface area (Å²) in [6.07, 6.45) is -0.400. The predicted octanol–water partition coefficient (Wildman–Crippen LogP) is 1.66. The number of hydrogen-bond acceptors (Lipinski definition) is 2. The number of aryl methyl sites for hydroxylation is 1. The summed E-state index contributed by atoms with van der Waals surface area (Å²) < 4.78 is 0. The Morgan fingerprint density at radius 2 is 2.00 bits per heavy atom. The molecule has 4 heteroatoms.